The quantitative estimate of drug-likeness (QED) is 0.292. The summed E-state index contributed by atoms with van der Waals surface area (Å²) >= 11 is 1.27. The van der Waals surface area contributed by atoms with Crippen LogP contribution in [0.1, 0.15) is 61.3 Å². The second kappa shape index (κ2) is 11.2. The second-order valence-electron chi connectivity index (χ2n) is 9.17. The lowest BCUT2D eigenvalue weighted by molar-refractivity contribution is -0.116. The smallest absolute Gasteiger partial charge is 0.338 e. The van der Waals surface area contributed by atoms with Gasteiger partial charge < -0.3 is 9.15 Å². The number of carbonyl (C=O) groups is 2. The third kappa shape index (κ3) is 5.20. The van der Waals surface area contributed by atoms with Crippen LogP contribution in [0.4, 0.5) is 0 Å². The van der Waals surface area contributed by atoms with E-state index in [0.717, 1.165) is 11.1 Å². The molecule has 1 atom stereocenters. The van der Waals surface area contributed by atoms with Crippen molar-refractivity contribution in [3.8, 4) is 11.3 Å². The molecule has 2 aromatic heterocycles. The molecule has 3 heterocycles. The Hall–Kier alpha value is -4.30. The molecule has 0 fully saturated rings. The summed E-state index contributed by atoms with van der Waals surface area (Å²) in [6.07, 6.45) is 2.82. The number of ketones is 1. The lowest BCUT2D eigenvalue weighted by Crippen LogP contribution is -2.39. The largest absolute Gasteiger partial charge is 0.462 e. The van der Waals surface area contributed by atoms with Crippen LogP contribution in [0.2, 0.25) is 0 Å². The van der Waals surface area contributed by atoms with Crippen LogP contribution in [0.15, 0.2) is 92.2 Å². The van der Waals surface area contributed by atoms with Crippen LogP contribution >= 0.6 is 11.3 Å². The summed E-state index contributed by atoms with van der Waals surface area (Å²) in [4.78, 5) is 44.0. The van der Waals surface area contributed by atoms with Crippen molar-refractivity contribution in [3.63, 3.8) is 0 Å². The highest BCUT2D eigenvalue weighted by Gasteiger charge is 2.31. The van der Waals surface area contributed by atoms with Crippen molar-refractivity contribution < 1.29 is 18.7 Å². The lowest BCUT2D eigenvalue weighted by atomic mass is 9.91. The van der Waals surface area contributed by atoms with Gasteiger partial charge in [0.25, 0.3) is 5.56 Å². The van der Waals surface area contributed by atoms with E-state index in [0.29, 0.717) is 57.1 Å². The fourth-order valence-corrected chi connectivity index (χ4v) is 5.72. The van der Waals surface area contributed by atoms with Gasteiger partial charge in [0.2, 0.25) is 0 Å². The number of ether oxygens (including phenoxy) is 1. The number of allylic oxidation sites excluding steroid dienone is 2. The first-order chi connectivity index (χ1) is 18.9. The van der Waals surface area contributed by atoms with Crippen LogP contribution < -0.4 is 14.9 Å². The molecule has 0 bridgehead atoms. The molecule has 4 aromatic rings. The summed E-state index contributed by atoms with van der Waals surface area (Å²) in [5, 5.41) is 0. The molecule has 39 heavy (non-hydrogen) atoms. The minimum Gasteiger partial charge on any atom is -0.462 e. The Morgan fingerprint density at radius 1 is 1.05 bits per heavy atom. The SMILES string of the molecule is CCCC(=O)C1=C(C)N=c2s/c(=C\c3ccc(-c4ccc(C(=O)OCC)cc4)o3)c(=O)n2C1c1ccccc1. The number of hydrogen-bond donors (Lipinski definition) is 0. The maximum atomic E-state index is 13.7. The summed E-state index contributed by atoms with van der Waals surface area (Å²) < 4.78 is 13.1. The molecule has 8 heteroatoms. The third-order valence-corrected chi connectivity index (χ3v) is 7.48. The van der Waals surface area contributed by atoms with Gasteiger partial charge in [0.05, 0.1) is 22.7 Å². The first-order valence-corrected chi connectivity index (χ1v) is 13.7. The van der Waals surface area contributed by atoms with Crippen LogP contribution in [-0.4, -0.2) is 22.9 Å². The molecule has 0 spiro atoms. The normalized spacial score (nSPS) is 15.2. The van der Waals surface area contributed by atoms with Crippen LogP contribution in [0.3, 0.4) is 0 Å². The third-order valence-electron chi connectivity index (χ3n) is 6.50. The molecule has 0 radical (unpaired) electrons. The Kier molecular flexibility index (Phi) is 7.56. The van der Waals surface area contributed by atoms with Gasteiger partial charge in [0.15, 0.2) is 10.6 Å². The van der Waals surface area contributed by atoms with Gasteiger partial charge in [-0.15, -0.1) is 0 Å². The van der Waals surface area contributed by atoms with E-state index < -0.39 is 6.04 Å². The molecule has 0 saturated carbocycles. The Labute approximate surface area is 229 Å². The zero-order chi connectivity index (χ0) is 27.5. The Morgan fingerprint density at radius 3 is 2.49 bits per heavy atom. The van der Waals surface area contributed by atoms with Crippen LogP contribution in [0, 0.1) is 0 Å². The number of nitrogens with zero attached hydrogens (tertiary/aromatic N) is 2. The number of rotatable bonds is 8. The molecule has 2 aromatic carbocycles. The highest BCUT2D eigenvalue weighted by atomic mass is 32.1. The molecule has 0 aliphatic carbocycles. The van der Waals surface area contributed by atoms with E-state index in [1.165, 1.54) is 11.3 Å². The standard InChI is InChI=1S/C31H28N2O5S/c1-4-9-24(34)27-19(3)32-31-33(28(27)21-10-7-6-8-11-21)29(35)26(39-31)18-23-16-17-25(38-23)20-12-14-22(15-13-20)30(36)37-5-2/h6-8,10-18,28H,4-5,9H2,1-3H3/b26-18-. The lowest BCUT2D eigenvalue weighted by Gasteiger charge is -2.25. The van der Waals surface area contributed by atoms with Crippen molar-refractivity contribution >= 4 is 29.2 Å². The molecule has 1 aliphatic rings. The molecule has 0 amide bonds. The number of thiazole rings is 1. The average molecular weight is 541 g/mol. The average Bonchev–Trinajstić information content (AvgIpc) is 3.53. The van der Waals surface area contributed by atoms with Gasteiger partial charge in [0.1, 0.15) is 11.5 Å². The minimum absolute atomic E-state index is 0.00605. The fraction of sp³-hybridized carbons (Fsp3) is 0.226. The summed E-state index contributed by atoms with van der Waals surface area (Å²) in [5.74, 6) is 0.753. The number of furan rings is 1. The van der Waals surface area contributed by atoms with Crippen molar-refractivity contribution in [2.75, 3.05) is 6.61 Å². The molecular weight excluding hydrogens is 512 g/mol. The van der Waals surface area contributed by atoms with Crippen molar-refractivity contribution in [2.24, 2.45) is 4.99 Å². The van der Waals surface area contributed by atoms with Crippen molar-refractivity contribution in [1.82, 2.24) is 4.57 Å². The fourth-order valence-electron chi connectivity index (χ4n) is 4.69. The van der Waals surface area contributed by atoms with E-state index in [2.05, 4.69) is 4.99 Å². The van der Waals surface area contributed by atoms with E-state index in [1.807, 2.05) is 50.2 Å². The first-order valence-electron chi connectivity index (χ1n) is 12.9. The topological polar surface area (TPSA) is 90.9 Å². The maximum absolute atomic E-state index is 13.7. The predicted octanol–water partition coefficient (Wildman–Crippen LogP) is 5.04. The van der Waals surface area contributed by atoms with Gasteiger partial charge >= 0.3 is 5.97 Å². The molecule has 1 aliphatic heterocycles. The van der Waals surface area contributed by atoms with Gasteiger partial charge in [-0.3, -0.25) is 14.2 Å². The van der Waals surface area contributed by atoms with Gasteiger partial charge in [-0.1, -0.05) is 60.7 Å². The summed E-state index contributed by atoms with van der Waals surface area (Å²) in [7, 11) is 0. The van der Waals surface area contributed by atoms with E-state index in [4.69, 9.17) is 9.15 Å². The number of carbonyl (C=O) groups excluding carboxylic acids is 2. The van der Waals surface area contributed by atoms with Crippen LogP contribution in [0.5, 0.6) is 0 Å². The summed E-state index contributed by atoms with van der Waals surface area (Å²) in [5.41, 5.74) is 3.11. The highest BCUT2D eigenvalue weighted by Crippen LogP contribution is 2.31. The number of Topliss-reactive ketones (excluding diaryl/α,β-unsaturated/α-hetero) is 1. The van der Waals surface area contributed by atoms with Crippen LogP contribution in [-0.2, 0) is 9.53 Å². The number of esters is 1. The zero-order valence-corrected chi connectivity index (χ0v) is 22.8. The highest BCUT2D eigenvalue weighted by molar-refractivity contribution is 7.07. The van der Waals surface area contributed by atoms with E-state index in [-0.39, 0.29) is 17.3 Å². The Bertz CT molecular complexity index is 1740. The second-order valence-corrected chi connectivity index (χ2v) is 10.2. The van der Waals surface area contributed by atoms with Crippen molar-refractivity contribution in [2.45, 2.75) is 39.7 Å². The van der Waals surface area contributed by atoms with Gasteiger partial charge in [-0.25, -0.2) is 9.79 Å². The monoisotopic (exact) mass is 540 g/mol. The predicted molar refractivity (Wildman–Crippen MR) is 150 cm³/mol. The molecular formula is C31H28N2O5S. The number of hydrogen-bond acceptors (Lipinski definition) is 7. The minimum atomic E-state index is -0.534. The van der Waals surface area contributed by atoms with E-state index >= 15 is 0 Å². The van der Waals surface area contributed by atoms with Gasteiger partial charge in [-0.05, 0) is 50.1 Å². The van der Waals surface area contributed by atoms with Crippen LogP contribution in [0.25, 0.3) is 17.4 Å². The molecule has 7 nitrogen and oxygen atoms in total. The molecule has 0 saturated heterocycles. The van der Waals surface area contributed by atoms with Gasteiger partial charge in [-0.2, -0.15) is 0 Å². The van der Waals surface area contributed by atoms with E-state index in [1.54, 1.807) is 47.9 Å². The number of fused-ring (bicyclic) bond motifs is 1. The molecule has 5 rings (SSSR count). The Morgan fingerprint density at radius 2 is 1.79 bits per heavy atom. The molecule has 1 unspecified atom stereocenters. The molecule has 0 N–H and O–H groups in total. The van der Waals surface area contributed by atoms with Crippen molar-refractivity contribution in [1.29, 1.82) is 0 Å². The number of aromatic nitrogens is 1. The molecule has 198 valence electrons. The maximum Gasteiger partial charge on any atom is 0.338 e. The zero-order valence-electron chi connectivity index (χ0n) is 22.0. The Balaban J connectivity index is 1.53. The van der Waals surface area contributed by atoms with E-state index in [9.17, 15) is 14.4 Å². The first kappa shape index (κ1) is 26.3. The summed E-state index contributed by atoms with van der Waals surface area (Å²) in [6, 6.07) is 19.7. The number of benzene rings is 2. The van der Waals surface area contributed by atoms with Crippen molar-refractivity contribution in [3.05, 3.63) is 115 Å². The van der Waals surface area contributed by atoms with Gasteiger partial charge in [0, 0.05) is 29.3 Å². The summed E-state index contributed by atoms with van der Waals surface area (Å²) in [6.45, 7) is 5.88.